The van der Waals surface area contributed by atoms with Gasteiger partial charge < -0.3 is 24.4 Å². The van der Waals surface area contributed by atoms with E-state index in [1.165, 1.54) is 0 Å². The largest absolute Gasteiger partial charge is 0.492 e. The van der Waals surface area contributed by atoms with Crippen molar-refractivity contribution in [3.05, 3.63) is 48.5 Å². The molecular formula is C27H37N3O6S. The van der Waals surface area contributed by atoms with E-state index in [2.05, 4.69) is 4.72 Å². The number of likely N-dealkylation sites (tertiary alicyclic amines) is 1. The number of aliphatic hydroxyl groups excluding tert-OH is 1. The summed E-state index contributed by atoms with van der Waals surface area (Å²) in [7, 11) is -1.99. The number of likely N-dealkylation sites (N-methyl/N-ethyl adjacent to an activating group) is 1. The fourth-order valence-corrected chi connectivity index (χ4v) is 6.29. The van der Waals surface area contributed by atoms with Crippen molar-refractivity contribution >= 4 is 15.9 Å². The van der Waals surface area contributed by atoms with Crippen molar-refractivity contribution in [2.45, 2.75) is 30.8 Å². The minimum atomic E-state index is -3.91. The van der Waals surface area contributed by atoms with Crippen LogP contribution in [0.25, 0.3) is 11.1 Å². The van der Waals surface area contributed by atoms with Gasteiger partial charge in [-0.2, -0.15) is 0 Å². The number of ether oxygens (including phenoxy) is 2. The Morgan fingerprint density at radius 1 is 1.16 bits per heavy atom. The highest BCUT2D eigenvalue weighted by Crippen LogP contribution is 2.36. The van der Waals surface area contributed by atoms with Crippen LogP contribution in [0.15, 0.2) is 53.4 Å². The van der Waals surface area contributed by atoms with E-state index in [0.29, 0.717) is 52.2 Å². The van der Waals surface area contributed by atoms with E-state index in [1.807, 2.05) is 54.1 Å². The van der Waals surface area contributed by atoms with Crippen LogP contribution in [0.2, 0.25) is 0 Å². The molecule has 0 saturated carbocycles. The number of carbonyl (C=O) groups excluding carboxylic acids is 1. The Hall–Kier alpha value is -2.50. The molecule has 1 amide bonds. The predicted octanol–water partition coefficient (Wildman–Crippen LogP) is 1.96. The molecule has 2 aromatic carbocycles. The molecule has 202 valence electrons. The molecule has 0 aliphatic carbocycles. The summed E-state index contributed by atoms with van der Waals surface area (Å²) >= 11 is 0. The molecule has 0 radical (unpaired) electrons. The van der Waals surface area contributed by atoms with Crippen molar-refractivity contribution in [3.63, 3.8) is 0 Å². The van der Waals surface area contributed by atoms with Gasteiger partial charge in [-0.05, 0) is 50.1 Å². The van der Waals surface area contributed by atoms with Crippen LogP contribution < -0.4 is 9.46 Å². The zero-order chi connectivity index (χ0) is 26.5. The number of nitrogens with one attached hydrogen (secondary N) is 1. The third-order valence-electron chi connectivity index (χ3n) is 7.12. The summed E-state index contributed by atoms with van der Waals surface area (Å²) in [5.41, 5.74) is 1.49. The monoisotopic (exact) mass is 531 g/mol. The molecule has 2 aliphatic rings. The molecule has 0 bridgehead atoms. The molecule has 2 N–H and O–H groups in total. The molecule has 9 nitrogen and oxygen atoms in total. The number of hydrogen-bond acceptors (Lipinski definition) is 7. The fourth-order valence-electron chi connectivity index (χ4n) is 5.09. The van der Waals surface area contributed by atoms with Crippen LogP contribution in [0.3, 0.4) is 0 Å². The summed E-state index contributed by atoms with van der Waals surface area (Å²) in [6.45, 7) is 4.74. The van der Waals surface area contributed by atoms with Crippen LogP contribution >= 0.6 is 0 Å². The minimum Gasteiger partial charge on any atom is -0.492 e. The number of amides is 1. The number of hydrogen-bond donors (Lipinski definition) is 2. The van der Waals surface area contributed by atoms with E-state index in [9.17, 15) is 18.3 Å². The second-order valence-corrected chi connectivity index (χ2v) is 11.8. The SMILES string of the molecule is CCOCC(=O)N1CCC2(CC1)COc1cc(-c3ccccc3)ccc1S(=O)(=O)NCC(O)CN(C)C2. The van der Waals surface area contributed by atoms with Gasteiger partial charge in [0.05, 0.1) is 12.7 Å². The van der Waals surface area contributed by atoms with Gasteiger partial charge >= 0.3 is 0 Å². The third-order valence-corrected chi connectivity index (χ3v) is 8.58. The summed E-state index contributed by atoms with van der Waals surface area (Å²) in [6.07, 6.45) is 0.533. The number of nitrogens with zero attached hydrogens (tertiary/aromatic N) is 2. The molecule has 1 fully saturated rings. The molecule has 4 rings (SSSR count). The van der Waals surface area contributed by atoms with Gasteiger partial charge in [0.15, 0.2) is 0 Å². The molecule has 2 aliphatic heterocycles. The second kappa shape index (κ2) is 11.9. The summed E-state index contributed by atoms with van der Waals surface area (Å²) in [5, 5.41) is 10.6. The summed E-state index contributed by atoms with van der Waals surface area (Å²) < 4.78 is 40.5. The highest BCUT2D eigenvalue weighted by atomic mass is 32.2. The van der Waals surface area contributed by atoms with Gasteiger partial charge in [0, 0.05) is 44.7 Å². The lowest BCUT2D eigenvalue weighted by molar-refractivity contribution is -0.139. The van der Waals surface area contributed by atoms with Crippen LogP contribution in [0, 0.1) is 5.41 Å². The van der Waals surface area contributed by atoms with E-state index in [-0.39, 0.29) is 35.1 Å². The van der Waals surface area contributed by atoms with Crippen molar-refractivity contribution in [2.75, 3.05) is 59.6 Å². The Balaban J connectivity index is 1.64. The molecule has 2 aromatic rings. The number of benzene rings is 2. The molecule has 0 aromatic heterocycles. The first-order chi connectivity index (χ1) is 17.7. The highest BCUT2D eigenvalue weighted by Gasteiger charge is 2.39. The molecule has 1 unspecified atom stereocenters. The Morgan fingerprint density at radius 3 is 2.59 bits per heavy atom. The molecule has 10 heteroatoms. The lowest BCUT2D eigenvalue weighted by Crippen LogP contribution is -2.52. The first-order valence-electron chi connectivity index (χ1n) is 12.8. The first kappa shape index (κ1) is 27.5. The van der Waals surface area contributed by atoms with E-state index < -0.39 is 16.1 Å². The van der Waals surface area contributed by atoms with Crippen molar-refractivity contribution in [3.8, 4) is 16.9 Å². The molecular weight excluding hydrogens is 494 g/mol. The predicted molar refractivity (Wildman–Crippen MR) is 141 cm³/mol. The van der Waals surface area contributed by atoms with Gasteiger partial charge in [-0.15, -0.1) is 0 Å². The lowest BCUT2D eigenvalue weighted by atomic mass is 9.78. The molecule has 37 heavy (non-hydrogen) atoms. The summed E-state index contributed by atoms with van der Waals surface area (Å²) in [6, 6.07) is 14.8. The number of β-amino-alcohol motifs (C(OH)–C–C–N with tert-alkyl or cyclic N) is 1. The van der Waals surface area contributed by atoms with E-state index >= 15 is 0 Å². The summed E-state index contributed by atoms with van der Waals surface area (Å²) in [4.78, 5) is 16.4. The number of fused-ring (bicyclic) bond motifs is 1. The molecule has 2 heterocycles. The fraction of sp³-hybridized carbons (Fsp3) is 0.519. The Labute approximate surface area is 219 Å². The maximum absolute atomic E-state index is 13.2. The number of rotatable bonds is 4. The van der Waals surface area contributed by atoms with E-state index in [0.717, 1.165) is 11.1 Å². The molecule has 1 saturated heterocycles. The van der Waals surface area contributed by atoms with Crippen molar-refractivity contribution in [2.24, 2.45) is 5.41 Å². The standard InChI is InChI=1S/C27H37N3O6S/c1-3-35-18-26(32)30-13-11-27(12-14-30)19-29(2)17-23(31)16-28-37(33,34)25-10-9-22(15-24(25)36-20-27)21-7-5-4-6-8-21/h4-10,15,23,28,31H,3,11-14,16-20H2,1-2H3. The van der Waals surface area contributed by atoms with E-state index in [4.69, 9.17) is 9.47 Å². The molecule has 1 spiro atoms. The van der Waals surface area contributed by atoms with Gasteiger partial charge in [0.25, 0.3) is 0 Å². The van der Waals surface area contributed by atoms with E-state index in [1.54, 1.807) is 18.2 Å². The van der Waals surface area contributed by atoms with Crippen LogP contribution in [0.4, 0.5) is 0 Å². The van der Waals surface area contributed by atoms with Crippen LogP contribution in [-0.2, 0) is 19.6 Å². The molecule has 1 atom stereocenters. The highest BCUT2D eigenvalue weighted by molar-refractivity contribution is 7.89. The van der Waals surface area contributed by atoms with Gasteiger partial charge in [-0.25, -0.2) is 13.1 Å². The van der Waals surface area contributed by atoms with Crippen LogP contribution in [-0.4, -0.2) is 94.9 Å². The summed E-state index contributed by atoms with van der Waals surface area (Å²) in [5.74, 6) is 0.255. The number of piperidine rings is 1. The zero-order valence-corrected chi connectivity index (χ0v) is 22.4. The van der Waals surface area contributed by atoms with Crippen molar-refractivity contribution in [1.82, 2.24) is 14.5 Å². The number of aliphatic hydroxyl groups is 1. The first-order valence-corrected chi connectivity index (χ1v) is 14.2. The topological polar surface area (TPSA) is 108 Å². The normalized spacial score (nSPS) is 22.4. The van der Waals surface area contributed by atoms with Crippen LogP contribution in [0.5, 0.6) is 5.75 Å². The third kappa shape index (κ3) is 6.88. The quantitative estimate of drug-likeness (QED) is 0.621. The maximum Gasteiger partial charge on any atom is 0.248 e. The maximum atomic E-state index is 13.2. The van der Waals surface area contributed by atoms with Gasteiger partial charge in [0.2, 0.25) is 15.9 Å². The van der Waals surface area contributed by atoms with Gasteiger partial charge in [-0.1, -0.05) is 36.4 Å². The van der Waals surface area contributed by atoms with Crippen molar-refractivity contribution in [1.29, 1.82) is 0 Å². The second-order valence-electron chi connectivity index (χ2n) is 10.0. The van der Waals surface area contributed by atoms with Gasteiger partial charge in [-0.3, -0.25) is 4.79 Å². The Bertz CT molecular complexity index is 1170. The van der Waals surface area contributed by atoms with Gasteiger partial charge in [0.1, 0.15) is 17.3 Å². The van der Waals surface area contributed by atoms with Crippen molar-refractivity contribution < 1.29 is 27.8 Å². The minimum absolute atomic E-state index is 0.0236. The number of carbonyl (C=O) groups is 1. The average molecular weight is 532 g/mol. The zero-order valence-electron chi connectivity index (χ0n) is 21.6. The lowest BCUT2D eigenvalue weighted by Gasteiger charge is -2.44. The average Bonchev–Trinajstić information content (AvgIpc) is 2.89. The smallest absolute Gasteiger partial charge is 0.248 e. The Morgan fingerprint density at radius 2 is 1.89 bits per heavy atom. The van der Waals surface area contributed by atoms with Crippen LogP contribution in [0.1, 0.15) is 19.8 Å². The number of sulfonamides is 1. The Kier molecular flexibility index (Phi) is 8.86.